The maximum atomic E-state index is 5.97. The molecule has 2 aromatic rings. The number of para-hydroxylation sites is 1. The maximum Gasteiger partial charge on any atom is 0.191 e. The Labute approximate surface area is 185 Å². The van der Waals surface area contributed by atoms with E-state index < -0.39 is 0 Å². The third-order valence-electron chi connectivity index (χ3n) is 4.96. The summed E-state index contributed by atoms with van der Waals surface area (Å²) in [5, 5.41) is 7.97. The molecule has 2 N–H and O–H groups in total. The van der Waals surface area contributed by atoms with Crippen molar-refractivity contribution in [1.29, 1.82) is 0 Å². The molecule has 28 heavy (non-hydrogen) atoms. The van der Waals surface area contributed by atoms with E-state index in [1.54, 1.807) is 0 Å². The van der Waals surface area contributed by atoms with E-state index in [0.717, 1.165) is 63.2 Å². The van der Waals surface area contributed by atoms with Crippen LogP contribution in [0.4, 0.5) is 0 Å². The topological polar surface area (TPSA) is 62.0 Å². The average Bonchev–Trinajstić information content (AvgIpc) is 3.01. The van der Waals surface area contributed by atoms with Gasteiger partial charge >= 0.3 is 0 Å². The van der Waals surface area contributed by atoms with Crippen molar-refractivity contribution in [2.45, 2.75) is 27.3 Å². The second kappa shape index (κ2) is 11.6. The SMILES string of the molecule is CCNC(=NCc1oc2ccccc2c1C)NCC(C)CN1CCOCC1.I. The van der Waals surface area contributed by atoms with E-state index in [0.29, 0.717) is 12.5 Å². The summed E-state index contributed by atoms with van der Waals surface area (Å²) in [5.41, 5.74) is 2.10. The van der Waals surface area contributed by atoms with Crippen molar-refractivity contribution in [2.75, 3.05) is 45.9 Å². The predicted octanol–water partition coefficient (Wildman–Crippen LogP) is 3.38. The van der Waals surface area contributed by atoms with Gasteiger partial charge in [-0.05, 0) is 25.8 Å². The van der Waals surface area contributed by atoms with E-state index in [4.69, 9.17) is 14.1 Å². The van der Waals surface area contributed by atoms with Gasteiger partial charge in [0.2, 0.25) is 0 Å². The Bertz CT molecular complexity index is 756. The number of furan rings is 1. The molecule has 0 saturated carbocycles. The summed E-state index contributed by atoms with van der Waals surface area (Å²) in [6.07, 6.45) is 0. The Balaban J connectivity index is 0.00000280. The summed E-state index contributed by atoms with van der Waals surface area (Å²) in [7, 11) is 0. The van der Waals surface area contributed by atoms with Crippen molar-refractivity contribution >= 4 is 40.9 Å². The fourth-order valence-electron chi connectivity index (χ4n) is 3.43. The number of ether oxygens (including phenoxy) is 1. The van der Waals surface area contributed by atoms with Crippen molar-refractivity contribution in [3.05, 3.63) is 35.6 Å². The zero-order chi connectivity index (χ0) is 19.1. The standard InChI is InChI=1S/C21H32N4O2.HI/c1-4-22-21(23-13-16(2)15-25-9-11-26-12-10-25)24-14-20-17(3)18-7-5-6-8-19(18)27-20;/h5-8,16H,4,9-15H2,1-3H3,(H2,22,23,24);1H. The lowest BCUT2D eigenvalue weighted by Gasteiger charge is -2.29. The number of nitrogens with one attached hydrogen (secondary N) is 2. The van der Waals surface area contributed by atoms with Crippen LogP contribution in [0.25, 0.3) is 11.0 Å². The lowest BCUT2D eigenvalue weighted by atomic mass is 10.1. The molecule has 156 valence electrons. The summed E-state index contributed by atoms with van der Waals surface area (Å²) in [5.74, 6) is 2.31. The molecule has 0 amide bonds. The van der Waals surface area contributed by atoms with E-state index in [2.05, 4.69) is 42.4 Å². The maximum absolute atomic E-state index is 5.97. The molecule has 1 aliphatic heterocycles. The van der Waals surface area contributed by atoms with Gasteiger partial charge in [0.1, 0.15) is 17.9 Å². The zero-order valence-corrected chi connectivity index (χ0v) is 19.5. The Morgan fingerprint density at radius 2 is 1.96 bits per heavy atom. The predicted molar refractivity (Wildman–Crippen MR) is 126 cm³/mol. The van der Waals surface area contributed by atoms with Crippen LogP contribution in [-0.2, 0) is 11.3 Å². The monoisotopic (exact) mass is 500 g/mol. The molecule has 0 bridgehead atoms. The highest BCUT2D eigenvalue weighted by Gasteiger charge is 2.14. The fourth-order valence-corrected chi connectivity index (χ4v) is 3.43. The van der Waals surface area contributed by atoms with Crippen LogP contribution in [0.5, 0.6) is 0 Å². The number of hydrogen-bond donors (Lipinski definition) is 2. The molecule has 1 saturated heterocycles. The summed E-state index contributed by atoms with van der Waals surface area (Å²) in [6.45, 7) is 13.6. The molecule has 1 unspecified atom stereocenters. The highest BCUT2D eigenvalue weighted by atomic mass is 127. The normalized spacial score (nSPS) is 16.6. The first-order chi connectivity index (χ1) is 13.2. The molecule has 1 aliphatic rings. The van der Waals surface area contributed by atoms with Crippen LogP contribution in [0.2, 0.25) is 0 Å². The lowest BCUT2D eigenvalue weighted by Crippen LogP contribution is -2.44. The van der Waals surface area contributed by atoms with Gasteiger partial charge in [-0.1, -0.05) is 25.1 Å². The summed E-state index contributed by atoms with van der Waals surface area (Å²) < 4.78 is 11.4. The minimum Gasteiger partial charge on any atom is -0.459 e. The number of morpholine rings is 1. The number of guanidine groups is 1. The van der Waals surface area contributed by atoms with Gasteiger partial charge in [0.25, 0.3) is 0 Å². The number of fused-ring (bicyclic) bond motifs is 1. The molecular formula is C21H33IN4O2. The van der Waals surface area contributed by atoms with Gasteiger partial charge in [-0.3, -0.25) is 4.90 Å². The average molecular weight is 500 g/mol. The summed E-state index contributed by atoms with van der Waals surface area (Å²) in [4.78, 5) is 7.20. The van der Waals surface area contributed by atoms with E-state index in [1.807, 2.05) is 18.2 Å². The summed E-state index contributed by atoms with van der Waals surface area (Å²) in [6, 6.07) is 8.14. The molecule has 0 radical (unpaired) electrons. The van der Waals surface area contributed by atoms with Gasteiger partial charge in [0.05, 0.1) is 13.2 Å². The van der Waals surface area contributed by atoms with Gasteiger partial charge in [-0.25, -0.2) is 4.99 Å². The van der Waals surface area contributed by atoms with E-state index in [-0.39, 0.29) is 24.0 Å². The van der Waals surface area contributed by atoms with Gasteiger partial charge in [-0.15, -0.1) is 24.0 Å². The Kier molecular flexibility index (Phi) is 9.53. The van der Waals surface area contributed by atoms with E-state index >= 15 is 0 Å². The first-order valence-corrected chi connectivity index (χ1v) is 9.96. The minimum atomic E-state index is 0. The molecule has 7 heteroatoms. The number of aliphatic imine (C=N–C) groups is 1. The van der Waals surface area contributed by atoms with Gasteiger partial charge in [0, 0.05) is 43.7 Å². The smallest absolute Gasteiger partial charge is 0.191 e. The Hall–Kier alpha value is -1.32. The molecule has 1 aromatic carbocycles. The third-order valence-corrected chi connectivity index (χ3v) is 4.96. The second-order valence-corrected chi connectivity index (χ2v) is 7.24. The van der Waals surface area contributed by atoms with E-state index in [1.165, 1.54) is 10.9 Å². The molecule has 3 rings (SSSR count). The fraction of sp³-hybridized carbons (Fsp3) is 0.571. The molecule has 0 aliphatic carbocycles. The first-order valence-electron chi connectivity index (χ1n) is 9.96. The van der Waals surface area contributed by atoms with Crippen LogP contribution in [0, 0.1) is 12.8 Å². The van der Waals surface area contributed by atoms with Gasteiger partial charge in [-0.2, -0.15) is 0 Å². The van der Waals surface area contributed by atoms with E-state index in [9.17, 15) is 0 Å². The lowest BCUT2D eigenvalue weighted by molar-refractivity contribution is 0.0320. The molecule has 6 nitrogen and oxygen atoms in total. The number of rotatable bonds is 7. The second-order valence-electron chi connectivity index (χ2n) is 7.24. The number of hydrogen-bond acceptors (Lipinski definition) is 4. The molecule has 1 aromatic heterocycles. The number of nitrogens with zero attached hydrogens (tertiary/aromatic N) is 2. The molecule has 1 atom stereocenters. The Morgan fingerprint density at radius 1 is 1.21 bits per heavy atom. The highest BCUT2D eigenvalue weighted by molar-refractivity contribution is 14.0. The van der Waals surface area contributed by atoms with Crippen LogP contribution in [-0.4, -0.2) is 56.8 Å². The first kappa shape index (κ1) is 23.0. The van der Waals surface area contributed by atoms with Crippen LogP contribution in [0.15, 0.2) is 33.7 Å². The Morgan fingerprint density at radius 3 is 2.68 bits per heavy atom. The van der Waals surface area contributed by atoms with Crippen molar-refractivity contribution in [2.24, 2.45) is 10.9 Å². The molecule has 2 heterocycles. The molecular weight excluding hydrogens is 467 g/mol. The van der Waals surface area contributed by atoms with Crippen molar-refractivity contribution in [3.8, 4) is 0 Å². The van der Waals surface area contributed by atoms with Crippen LogP contribution in [0.3, 0.4) is 0 Å². The van der Waals surface area contributed by atoms with Crippen LogP contribution >= 0.6 is 24.0 Å². The van der Waals surface area contributed by atoms with Gasteiger partial charge in [0.15, 0.2) is 5.96 Å². The number of benzene rings is 1. The zero-order valence-electron chi connectivity index (χ0n) is 17.2. The summed E-state index contributed by atoms with van der Waals surface area (Å²) >= 11 is 0. The van der Waals surface area contributed by atoms with Crippen LogP contribution < -0.4 is 10.6 Å². The van der Waals surface area contributed by atoms with Gasteiger partial charge < -0.3 is 19.8 Å². The van der Waals surface area contributed by atoms with Crippen molar-refractivity contribution in [3.63, 3.8) is 0 Å². The molecule has 0 spiro atoms. The van der Waals surface area contributed by atoms with Crippen molar-refractivity contribution < 1.29 is 9.15 Å². The number of halogens is 1. The van der Waals surface area contributed by atoms with Crippen molar-refractivity contribution in [1.82, 2.24) is 15.5 Å². The third kappa shape index (κ3) is 6.35. The quantitative estimate of drug-likeness (QED) is 0.347. The highest BCUT2D eigenvalue weighted by Crippen LogP contribution is 2.25. The largest absolute Gasteiger partial charge is 0.459 e. The number of aryl methyl sites for hydroxylation is 1. The van der Waals surface area contributed by atoms with Crippen LogP contribution in [0.1, 0.15) is 25.2 Å². The minimum absolute atomic E-state index is 0. The molecule has 1 fully saturated rings.